The van der Waals surface area contributed by atoms with Gasteiger partial charge in [-0.25, -0.2) is 0 Å². The lowest BCUT2D eigenvalue weighted by molar-refractivity contribution is 0.0790. The quantitative estimate of drug-likeness (QED) is 0.860. The van der Waals surface area contributed by atoms with Crippen LogP contribution in [0.15, 0.2) is 24.3 Å². The van der Waals surface area contributed by atoms with E-state index >= 15 is 0 Å². The van der Waals surface area contributed by atoms with Gasteiger partial charge in [-0.1, -0.05) is 24.1 Å². The predicted octanol–water partition coefficient (Wildman–Crippen LogP) is 2.58. The van der Waals surface area contributed by atoms with Crippen LogP contribution in [0.3, 0.4) is 0 Å². The predicted molar refractivity (Wildman–Crippen MR) is 76.6 cm³/mol. The number of fused-ring (bicyclic) bond motifs is 1. The summed E-state index contributed by atoms with van der Waals surface area (Å²) in [5.74, 6) is 2.40. The fraction of sp³-hybridized carbons (Fsp3) is 0.214. The van der Waals surface area contributed by atoms with Crippen LogP contribution in [0.1, 0.15) is 16.6 Å². The number of nitrogen functional groups attached to an aromatic ring is 1. The first-order valence-corrected chi connectivity index (χ1v) is 6.50. The zero-order chi connectivity index (χ0) is 13.1. The van der Waals surface area contributed by atoms with Crippen molar-refractivity contribution in [2.45, 2.75) is 6.92 Å². The Kier molecular flexibility index (Phi) is 3.54. The summed E-state index contributed by atoms with van der Waals surface area (Å²) < 4.78 is 1.02. The van der Waals surface area contributed by atoms with Crippen LogP contribution in [0.25, 0.3) is 10.1 Å². The average molecular weight is 258 g/mol. The third-order valence-corrected chi connectivity index (χ3v) is 3.95. The van der Waals surface area contributed by atoms with Crippen molar-refractivity contribution in [2.75, 3.05) is 18.8 Å². The molecule has 0 atom stereocenters. The molecule has 1 aromatic heterocycles. The van der Waals surface area contributed by atoms with Gasteiger partial charge in [0, 0.05) is 16.6 Å². The zero-order valence-corrected chi connectivity index (χ0v) is 11.0. The molecule has 2 N–H and O–H groups in total. The van der Waals surface area contributed by atoms with E-state index in [2.05, 4.69) is 5.92 Å². The maximum atomic E-state index is 12.3. The molecule has 18 heavy (non-hydrogen) atoms. The van der Waals surface area contributed by atoms with E-state index in [1.807, 2.05) is 31.2 Å². The highest BCUT2D eigenvalue weighted by molar-refractivity contribution is 7.21. The Labute approximate surface area is 110 Å². The summed E-state index contributed by atoms with van der Waals surface area (Å²) in [7, 11) is 0. The molecule has 0 spiro atoms. The molecule has 1 aromatic carbocycles. The highest BCUT2D eigenvalue weighted by Gasteiger charge is 2.20. The second-order valence-electron chi connectivity index (χ2n) is 3.86. The molecule has 0 saturated heterocycles. The summed E-state index contributed by atoms with van der Waals surface area (Å²) in [4.78, 5) is 14.5. The maximum Gasteiger partial charge on any atom is 0.266 e. The first-order chi connectivity index (χ1) is 8.69. The Morgan fingerprint density at radius 1 is 1.50 bits per heavy atom. The number of rotatable bonds is 3. The lowest BCUT2D eigenvalue weighted by Crippen LogP contribution is -2.30. The number of amides is 1. The Balaban J connectivity index is 2.45. The van der Waals surface area contributed by atoms with Gasteiger partial charge in [-0.15, -0.1) is 17.8 Å². The van der Waals surface area contributed by atoms with Crippen LogP contribution < -0.4 is 5.73 Å². The third kappa shape index (κ3) is 2.05. The van der Waals surface area contributed by atoms with E-state index in [1.54, 1.807) is 4.90 Å². The van der Waals surface area contributed by atoms with E-state index in [1.165, 1.54) is 11.3 Å². The summed E-state index contributed by atoms with van der Waals surface area (Å²) >= 11 is 1.42. The fourth-order valence-corrected chi connectivity index (χ4v) is 2.90. The highest BCUT2D eigenvalue weighted by Crippen LogP contribution is 2.34. The second kappa shape index (κ2) is 5.11. The lowest BCUT2D eigenvalue weighted by Gasteiger charge is -2.17. The number of nitrogens with zero attached hydrogens (tertiary/aromatic N) is 1. The summed E-state index contributed by atoms with van der Waals surface area (Å²) in [5, 5.41) is 0.933. The van der Waals surface area contributed by atoms with Gasteiger partial charge in [0.1, 0.15) is 4.88 Å². The molecule has 1 heterocycles. The molecule has 92 valence electrons. The molecule has 0 radical (unpaired) electrons. The highest BCUT2D eigenvalue weighted by atomic mass is 32.1. The van der Waals surface area contributed by atoms with Crippen molar-refractivity contribution >= 4 is 33.0 Å². The summed E-state index contributed by atoms with van der Waals surface area (Å²) in [6, 6.07) is 7.74. The first-order valence-electron chi connectivity index (χ1n) is 5.68. The van der Waals surface area contributed by atoms with Gasteiger partial charge in [-0.2, -0.15) is 0 Å². The van der Waals surface area contributed by atoms with Gasteiger partial charge in [0.15, 0.2) is 0 Å². The van der Waals surface area contributed by atoms with Crippen LogP contribution in [-0.4, -0.2) is 23.9 Å². The van der Waals surface area contributed by atoms with E-state index in [-0.39, 0.29) is 5.91 Å². The number of terminal acetylenes is 1. The molecular weight excluding hydrogens is 244 g/mol. The maximum absolute atomic E-state index is 12.3. The molecule has 0 unspecified atom stereocenters. The number of benzene rings is 1. The number of carbonyl (C=O) groups is 1. The van der Waals surface area contributed by atoms with Gasteiger partial charge in [0.25, 0.3) is 5.91 Å². The minimum Gasteiger partial charge on any atom is -0.397 e. The van der Waals surface area contributed by atoms with E-state index in [4.69, 9.17) is 12.2 Å². The minimum absolute atomic E-state index is 0.0888. The number of thiophene rings is 1. The monoisotopic (exact) mass is 258 g/mol. The minimum atomic E-state index is -0.0888. The molecule has 0 fully saturated rings. The Hall–Kier alpha value is -1.99. The van der Waals surface area contributed by atoms with Crippen molar-refractivity contribution < 1.29 is 4.79 Å². The molecule has 1 amide bonds. The van der Waals surface area contributed by atoms with Crippen LogP contribution in [0.4, 0.5) is 5.69 Å². The number of anilines is 1. The normalized spacial score (nSPS) is 10.2. The number of hydrogen-bond donors (Lipinski definition) is 1. The van der Waals surface area contributed by atoms with E-state index in [0.717, 1.165) is 10.1 Å². The lowest BCUT2D eigenvalue weighted by atomic mass is 10.2. The van der Waals surface area contributed by atoms with Crippen molar-refractivity contribution in [1.82, 2.24) is 4.90 Å². The molecule has 2 aromatic rings. The molecule has 0 aliphatic heterocycles. The molecule has 3 nitrogen and oxygen atoms in total. The topological polar surface area (TPSA) is 46.3 Å². The van der Waals surface area contributed by atoms with Crippen molar-refractivity contribution in [3.8, 4) is 12.3 Å². The molecule has 4 heteroatoms. The molecule has 0 aliphatic carbocycles. The molecular formula is C14H14N2OS. The number of carbonyl (C=O) groups excluding carboxylic acids is 1. The summed E-state index contributed by atoms with van der Waals surface area (Å²) in [6.07, 6.45) is 5.26. The van der Waals surface area contributed by atoms with Crippen molar-refractivity contribution in [3.05, 3.63) is 29.1 Å². The van der Waals surface area contributed by atoms with Crippen molar-refractivity contribution in [2.24, 2.45) is 0 Å². The molecule has 0 saturated carbocycles. The van der Waals surface area contributed by atoms with Crippen LogP contribution in [0.2, 0.25) is 0 Å². The number of nitrogens with two attached hydrogens (primary N) is 1. The van der Waals surface area contributed by atoms with Crippen molar-refractivity contribution in [3.63, 3.8) is 0 Å². The standard InChI is InChI=1S/C14H14N2OS/c1-3-9-16(4-2)14(17)13-12(15)10-7-5-6-8-11(10)18-13/h1,5-8H,4,9,15H2,2H3. The van der Waals surface area contributed by atoms with E-state index in [9.17, 15) is 4.79 Å². The number of hydrogen-bond acceptors (Lipinski definition) is 3. The summed E-state index contributed by atoms with van der Waals surface area (Å²) in [5.41, 5.74) is 6.59. The Morgan fingerprint density at radius 3 is 2.83 bits per heavy atom. The average Bonchev–Trinajstić information content (AvgIpc) is 2.73. The van der Waals surface area contributed by atoms with Gasteiger partial charge >= 0.3 is 0 Å². The Bertz CT molecular complexity index is 624. The van der Waals surface area contributed by atoms with Gasteiger partial charge in [-0.05, 0) is 13.0 Å². The largest absolute Gasteiger partial charge is 0.397 e. The second-order valence-corrected chi connectivity index (χ2v) is 4.92. The van der Waals surface area contributed by atoms with Gasteiger partial charge in [0.05, 0.1) is 12.2 Å². The zero-order valence-electron chi connectivity index (χ0n) is 10.1. The third-order valence-electron chi connectivity index (χ3n) is 2.78. The van der Waals surface area contributed by atoms with Crippen molar-refractivity contribution in [1.29, 1.82) is 0 Å². The molecule has 2 rings (SSSR count). The van der Waals surface area contributed by atoms with Gasteiger partial charge in [-0.3, -0.25) is 4.79 Å². The van der Waals surface area contributed by atoms with Crippen LogP contribution >= 0.6 is 11.3 Å². The van der Waals surface area contributed by atoms with E-state index < -0.39 is 0 Å². The van der Waals surface area contributed by atoms with E-state index in [0.29, 0.717) is 23.7 Å². The summed E-state index contributed by atoms with van der Waals surface area (Å²) in [6.45, 7) is 2.79. The van der Waals surface area contributed by atoms with Gasteiger partial charge in [0.2, 0.25) is 0 Å². The first kappa shape index (κ1) is 12.5. The molecule has 0 bridgehead atoms. The SMILES string of the molecule is C#CCN(CC)C(=O)c1sc2ccccc2c1N. The van der Waals surface area contributed by atoms with Crippen LogP contribution in [-0.2, 0) is 0 Å². The Morgan fingerprint density at radius 2 is 2.22 bits per heavy atom. The van der Waals surface area contributed by atoms with Gasteiger partial charge < -0.3 is 10.6 Å². The smallest absolute Gasteiger partial charge is 0.266 e. The van der Waals surface area contributed by atoms with Crippen LogP contribution in [0.5, 0.6) is 0 Å². The fourth-order valence-electron chi connectivity index (χ4n) is 1.81. The molecule has 0 aliphatic rings. The van der Waals surface area contributed by atoms with Crippen LogP contribution in [0, 0.1) is 12.3 Å².